The van der Waals surface area contributed by atoms with E-state index in [1.807, 2.05) is 6.07 Å². The number of methoxy groups -OCH3 is 1. The predicted octanol–water partition coefficient (Wildman–Crippen LogP) is 1.61. The molecule has 4 rings (SSSR count). The SMILES string of the molecule is COc1cccc(NC(=O)CN2C(=O)N(Cc3cccnc3)C(=O)C3NCCCC32)c1. The van der Waals surface area contributed by atoms with Crippen LogP contribution in [0.5, 0.6) is 5.75 Å². The Labute approximate surface area is 180 Å². The van der Waals surface area contributed by atoms with Gasteiger partial charge in [-0.2, -0.15) is 0 Å². The Morgan fingerprint density at radius 1 is 1.29 bits per heavy atom. The Morgan fingerprint density at radius 3 is 2.94 bits per heavy atom. The maximum absolute atomic E-state index is 13.3. The lowest BCUT2D eigenvalue weighted by Gasteiger charge is -2.46. The van der Waals surface area contributed by atoms with Gasteiger partial charge in [-0.3, -0.25) is 19.5 Å². The maximum atomic E-state index is 13.3. The smallest absolute Gasteiger partial charge is 0.327 e. The number of urea groups is 1. The van der Waals surface area contributed by atoms with E-state index in [0.29, 0.717) is 24.4 Å². The monoisotopic (exact) mass is 423 g/mol. The zero-order valence-corrected chi connectivity index (χ0v) is 17.3. The number of carbonyl (C=O) groups excluding carboxylic acids is 3. The summed E-state index contributed by atoms with van der Waals surface area (Å²) < 4.78 is 5.18. The number of fused-ring (bicyclic) bond motifs is 1. The fourth-order valence-corrected chi connectivity index (χ4v) is 4.08. The lowest BCUT2D eigenvalue weighted by atomic mass is 9.93. The van der Waals surface area contributed by atoms with Crippen molar-refractivity contribution in [1.29, 1.82) is 0 Å². The van der Waals surface area contributed by atoms with Crippen molar-refractivity contribution in [1.82, 2.24) is 20.1 Å². The van der Waals surface area contributed by atoms with Crippen LogP contribution in [0.1, 0.15) is 18.4 Å². The zero-order chi connectivity index (χ0) is 21.8. The predicted molar refractivity (Wildman–Crippen MR) is 113 cm³/mol. The highest BCUT2D eigenvalue weighted by atomic mass is 16.5. The molecule has 0 spiro atoms. The average molecular weight is 423 g/mol. The summed E-state index contributed by atoms with van der Waals surface area (Å²) in [5.41, 5.74) is 1.33. The first-order chi connectivity index (χ1) is 15.1. The van der Waals surface area contributed by atoms with Gasteiger partial charge in [-0.05, 0) is 43.1 Å². The lowest BCUT2D eigenvalue weighted by Crippen LogP contribution is -2.70. The van der Waals surface area contributed by atoms with E-state index in [1.165, 1.54) is 9.80 Å². The Kier molecular flexibility index (Phi) is 6.13. The van der Waals surface area contributed by atoms with Crippen LogP contribution in [0.4, 0.5) is 10.5 Å². The van der Waals surface area contributed by atoms with Gasteiger partial charge in [0.05, 0.1) is 19.7 Å². The van der Waals surface area contributed by atoms with Gasteiger partial charge in [0.2, 0.25) is 11.8 Å². The van der Waals surface area contributed by atoms with Crippen LogP contribution < -0.4 is 15.4 Å². The number of ether oxygens (including phenoxy) is 1. The van der Waals surface area contributed by atoms with Gasteiger partial charge in [-0.1, -0.05) is 12.1 Å². The van der Waals surface area contributed by atoms with Gasteiger partial charge in [0.1, 0.15) is 18.3 Å². The summed E-state index contributed by atoms with van der Waals surface area (Å²) >= 11 is 0. The topological polar surface area (TPSA) is 104 Å². The first kappa shape index (κ1) is 20.8. The van der Waals surface area contributed by atoms with Crippen LogP contribution in [0.3, 0.4) is 0 Å². The number of amides is 4. The van der Waals surface area contributed by atoms with Crippen LogP contribution in [0.15, 0.2) is 48.8 Å². The highest BCUT2D eigenvalue weighted by molar-refractivity contribution is 6.02. The number of rotatable bonds is 6. The van der Waals surface area contributed by atoms with Gasteiger partial charge in [-0.25, -0.2) is 4.79 Å². The number of imide groups is 1. The van der Waals surface area contributed by atoms with Gasteiger partial charge in [0, 0.05) is 24.1 Å². The molecule has 0 aliphatic carbocycles. The van der Waals surface area contributed by atoms with Gasteiger partial charge < -0.3 is 20.3 Å². The summed E-state index contributed by atoms with van der Waals surface area (Å²) in [7, 11) is 1.55. The van der Waals surface area contributed by atoms with Crippen LogP contribution >= 0.6 is 0 Å². The lowest BCUT2D eigenvalue weighted by molar-refractivity contribution is -0.138. The number of carbonyl (C=O) groups is 3. The molecule has 2 N–H and O–H groups in total. The molecule has 2 unspecified atom stereocenters. The molecular weight excluding hydrogens is 398 g/mol. The Balaban J connectivity index is 1.53. The number of hydrogen-bond acceptors (Lipinski definition) is 6. The summed E-state index contributed by atoms with van der Waals surface area (Å²) in [6.07, 6.45) is 4.76. The second kappa shape index (κ2) is 9.13. The van der Waals surface area contributed by atoms with Gasteiger partial charge in [-0.15, -0.1) is 0 Å². The molecule has 162 valence electrons. The van der Waals surface area contributed by atoms with Crippen LogP contribution in [-0.2, 0) is 16.1 Å². The van der Waals surface area contributed by atoms with Crippen molar-refractivity contribution in [3.05, 3.63) is 54.4 Å². The van der Waals surface area contributed by atoms with Crippen LogP contribution in [-0.4, -0.2) is 64.9 Å². The second-order valence-electron chi connectivity index (χ2n) is 7.62. The maximum Gasteiger partial charge on any atom is 0.327 e. The molecule has 2 aliphatic rings. The van der Waals surface area contributed by atoms with Crippen molar-refractivity contribution >= 4 is 23.5 Å². The quantitative estimate of drug-likeness (QED) is 0.732. The first-order valence-electron chi connectivity index (χ1n) is 10.2. The van der Waals surface area contributed by atoms with E-state index >= 15 is 0 Å². The molecule has 1 aromatic heterocycles. The molecule has 2 saturated heterocycles. The van der Waals surface area contributed by atoms with Crippen LogP contribution in [0.2, 0.25) is 0 Å². The zero-order valence-electron chi connectivity index (χ0n) is 17.3. The van der Waals surface area contributed by atoms with E-state index in [1.54, 1.807) is 49.8 Å². The van der Waals surface area contributed by atoms with E-state index in [0.717, 1.165) is 12.0 Å². The van der Waals surface area contributed by atoms with Crippen LogP contribution in [0.25, 0.3) is 0 Å². The number of nitrogens with one attached hydrogen (secondary N) is 2. The molecule has 0 bridgehead atoms. The fraction of sp³-hybridized carbons (Fsp3) is 0.364. The molecule has 31 heavy (non-hydrogen) atoms. The van der Waals surface area contributed by atoms with Gasteiger partial charge in [0.15, 0.2) is 0 Å². The summed E-state index contributed by atoms with van der Waals surface area (Å²) in [5, 5.41) is 6.04. The third-order valence-corrected chi connectivity index (χ3v) is 5.57. The normalized spacial score (nSPS) is 20.9. The second-order valence-corrected chi connectivity index (χ2v) is 7.62. The van der Waals surface area contributed by atoms with Gasteiger partial charge in [0.25, 0.3) is 0 Å². The highest BCUT2D eigenvalue weighted by Gasteiger charge is 2.47. The number of aromatic nitrogens is 1. The number of nitrogens with zero attached hydrogens (tertiary/aromatic N) is 3. The van der Waals surface area contributed by atoms with E-state index in [9.17, 15) is 14.4 Å². The molecule has 3 heterocycles. The molecule has 2 aliphatic heterocycles. The highest BCUT2D eigenvalue weighted by Crippen LogP contribution is 2.26. The summed E-state index contributed by atoms with van der Waals surface area (Å²) in [4.78, 5) is 45.8. The molecule has 9 heteroatoms. The molecule has 2 atom stereocenters. The van der Waals surface area contributed by atoms with E-state index in [-0.39, 0.29) is 30.9 Å². The Morgan fingerprint density at radius 2 is 2.16 bits per heavy atom. The minimum absolute atomic E-state index is 0.115. The third kappa shape index (κ3) is 4.51. The summed E-state index contributed by atoms with van der Waals surface area (Å²) in [5.74, 6) is 0.0289. The Hall–Kier alpha value is -3.46. The van der Waals surface area contributed by atoms with E-state index < -0.39 is 12.1 Å². The summed E-state index contributed by atoms with van der Waals surface area (Å²) in [6.45, 7) is 0.672. The minimum Gasteiger partial charge on any atom is -0.497 e. The average Bonchev–Trinajstić information content (AvgIpc) is 2.80. The number of benzene rings is 1. The first-order valence-corrected chi connectivity index (χ1v) is 10.2. The molecule has 0 saturated carbocycles. The van der Waals surface area contributed by atoms with Crippen molar-refractivity contribution in [3.63, 3.8) is 0 Å². The van der Waals surface area contributed by atoms with Crippen molar-refractivity contribution in [2.45, 2.75) is 31.5 Å². The molecular formula is C22H25N5O4. The van der Waals surface area contributed by atoms with Crippen molar-refractivity contribution in [3.8, 4) is 5.75 Å². The molecule has 1 aromatic carbocycles. The fourth-order valence-electron chi connectivity index (χ4n) is 4.08. The number of piperidine rings is 1. The number of hydrogen-bond donors (Lipinski definition) is 2. The molecule has 9 nitrogen and oxygen atoms in total. The van der Waals surface area contributed by atoms with Crippen molar-refractivity contribution in [2.24, 2.45) is 0 Å². The number of anilines is 1. The molecule has 4 amide bonds. The Bertz CT molecular complexity index is 967. The van der Waals surface area contributed by atoms with Crippen molar-refractivity contribution in [2.75, 3.05) is 25.5 Å². The summed E-state index contributed by atoms with van der Waals surface area (Å²) in [6, 6.07) is 9.26. The van der Waals surface area contributed by atoms with E-state index in [2.05, 4.69) is 15.6 Å². The molecule has 0 radical (unpaired) electrons. The standard InChI is InChI=1S/C22H25N5O4/c1-31-17-7-2-6-16(11-17)25-19(28)14-26-18-8-4-10-24-20(18)21(29)27(22(26)30)13-15-5-3-9-23-12-15/h2-3,5-7,9,11-12,18,20,24H,4,8,10,13-14H2,1H3,(H,25,28). The molecule has 2 aromatic rings. The third-order valence-electron chi connectivity index (χ3n) is 5.57. The molecule has 2 fully saturated rings. The largest absolute Gasteiger partial charge is 0.497 e. The van der Waals surface area contributed by atoms with Gasteiger partial charge >= 0.3 is 6.03 Å². The van der Waals surface area contributed by atoms with Crippen LogP contribution in [0, 0.1) is 0 Å². The van der Waals surface area contributed by atoms with Crippen molar-refractivity contribution < 1.29 is 19.1 Å². The number of pyridine rings is 1. The van der Waals surface area contributed by atoms with E-state index in [4.69, 9.17) is 4.74 Å². The minimum atomic E-state index is -0.521.